The molecule has 136 valence electrons. The van der Waals surface area contributed by atoms with E-state index >= 15 is 0 Å². The third-order valence-electron chi connectivity index (χ3n) is 4.81. The van der Waals surface area contributed by atoms with Gasteiger partial charge >= 0.3 is 0 Å². The van der Waals surface area contributed by atoms with Gasteiger partial charge < -0.3 is 4.90 Å². The summed E-state index contributed by atoms with van der Waals surface area (Å²) in [4.78, 5) is 27.1. The van der Waals surface area contributed by atoms with E-state index < -0.39 is 4.92 Å². The van der Waals surface area contributed by atoms with Gasteiger partial charge in [-0.1, -0.05) is 35.9 Å². The number of hydrogen-bond acceptors (Lipinski definition) is 4. The minimum Gasteiger partial charge on any atom is -0.336 e. The lowest BCUT2D eigenvalue weighted by Gasteiger charge is -2.38. The highest BCUT2D eigenvalue weighted by atomic mass is 35.5. The van der Waals surface area contributed by atoms with Crippen LogP contribution in [-0.2, 0) is 0 Å². The summed E-state index contributed by atoms with van der Waals surface area (Å²) in [6, 6.07) is 13.8. The monoisotopic (exact) mass is 373 g/mol. The number of rotatable bonds is 4. The summed E-state index contributed by atoms with van der Waals surface area (Å²) in [5, 5.41) is 11.6. The first-order chi connectivity index (χ1) is 12.5. The van der Waals surface area contributed by atoms with Crippen LogP contribution in [0.15, 0.2) is 48.5 Å². The molecule has 1 heterocycles. The molecule has 1 saturated heterocycles. The van der Waals surface area contributed by atoms with Crippen LogP contribution in [0.3, 0.4) is 0 Å². The van der Waals surface area contributed by atoms with Crippen molar-refractivity contribution >= 4 is 23.2 Å². The van der Waals surface area contributed by atoms with Gasteiger partial charge in [-0.15, -0.1) is 0 Å². The average molecular weight is 374 g/mol. The molecule has 0 saturated carbocycles. The second-order valence-corrected chi connectivity index (χ2v) is 6.74. The van der Waals surface area contributed by atoms with Gasteiger partial charge in [-0.2, -0.15) is 0 Å². The first-order valence-electron chi connectivity index (χ1n) is 8.49. The van der Waals surface area contributed by atoms with Crippen molar-refractivity contribution in [3.63, 3.8) is 0 Å². The van der Waals surface area contributed by atoms with E-state index in [2.05, 4.69) is 11.8 Å². The first kappa shape index (κ1) is 18.4. The fourth-order valence-corrected chi connectivity index (χ4v) is 3.55. The molecule has 1 aliphatic heterocycles. The quantitative estimate of drug-likeness (QED) is 0.604. The predicted molar refractivity (Wildman–Crippen MR) is 100 cm³/mol. The molecule has 3 rings (SSSR count). The number of hydrogen-bond donors (Lipinski definition) is 0. The summed E-state index contributed by atoms with van der Waals surface area (Å²) >= 11 is 6.29. The van der Waals surface area contributed by atoms with Gasteiger partial charge in [0.1, 0.15) is 0 Å². The average Bonchev–Trinajstić information content (AvgIpc) is 2.67. The summed E-state index contributed by atoms with van der Waals surface area (Å²) < 4.78 is 0. The SMILES string of the molecule is CC(c1ccccc1Cl)N1CCN(C(=O)c2cccc([N+](=O)[O-])c2)CC1. The highest BCUT2D eigenvalue weighted by molar-refractivity contribution is 6.31. The van der Waals surface area contributed by atoms with Crippen LogP contribution >= 0.6 is 11.6 Å². The molecular weight excluding hydrogens is 354 g/mol. The molecule has 1 atom stereocenters. The molecule has 1 unspecified atom stereocenters. The van der Waals surface area contributed by atoms with Crippen molar-refractivity contribution in [1.29, 1.82) is 0 Å². The van der Waals surface area contributed by atoms with Gasteiger partial charge in [0.2, 0.25) is 0 Å². The summed E-state index contributed by atoms with van der Waals surface area (Å²) in [5.74, 6) is -0.168. The highest BCUT2D eigenvalue weighted by Crippen LogP contribution is 2.28. The van der Waals surface area contributed by atoms with Crippen LogP contribution in [0.2, 0.25) is 5.02 Å². The van der Waals surface area contributed by atoms with Crippen molar-refractivity contribution in [1.82, 2.24) is 9.80 Å². The standard InChI is InChI=1S/C19H20ClN3O3/c1-14(17-7-2-3-8-18(17)20)21-9-11-22(12-10-21)19(24)15-5-4-6-16(13-15)23(25)26/h2-8,13-14H,9-12H2,1H3. The van der Waals surface area contributed by atoms with Gasteiger partial charge in [0.25, 0.3) is 11.6 Å². The number of carbonyl (C=O) groups is 1. The molecule has 2 aromatic carbocycles. The third kappa shape index (κ3) is 3.86. The molecule has 0 N–H and O–H groups in total. The lowest BCUT2D eigenvalue weighted by molar-refractivity contribution is -0.384. The normalized spacial score (nSPS) is 16.3. The zero-order valence-corrected chi connectivity index (χ0v) is 15.2. The van der Waals surface area contributed by atoms with Crippen molar-refractivity contribution in [2.75, 3.05) is 26.2 Å². The summed E-state index contributed by atoms with van der Waals surface area (Å²) in [7, 11) is 0. The van der Waals surface area contributed by atoms with Crippen molar-refractivity contribution in [2.24, 2.45) is 0 Å². The maximum Gasteiger partial charge on any atom is 0.270 e. The molecule has 2 aromatic rings. The fourth-order valence-electron chi connectivity index (χ4n) is 3.26. The number of piperazine rings is 1. The number of nitro groups is 1. The van der Waals surface area contributed by atoms with Crippen LogP contribution in [0.4, 0.5) is 5.69 Å². The summed E-state index contributed by atoms with van der Waals surface area (Å²) in [5.41, 5.74) is 1.36. The van der Waals surface area contributed by atoms with E-state index in [0.29, 0.717) is 18.7 Å². The van der Waals surface area contributed by atoms with E-state index in [4.69, 9.17) is 11.6 Å². The maximum atomic E-state index is 12.6. The van der Waals surface area contributed by atoms with Crippen LogP contribution in [0, 0.1) is 10.1 Å². The van der Waals surface area contributed by atoms with Crippen molar-refractivity contribution in [2.45, 2.75) is 13.0 Å². The molecule has 1 amide bonds. The molecule has 0 aliphatic carbocycles. The van der Waals surface area contributed by atoms with Crippen LogP contribution in [0.1, 0.15) is 28.9 Å². The molecule has 0 bridgehead atoms. The number of non-ortho nitro benzene ring substituents is 1. The first-order valence-corrected chi connectivity index (χ1v) is 8.87. The number of benzene rings is 2. The Morgan fingerprint density at radius 2 is 1.81 bits per heavy atom. The molecular formula is C19H20ClN3O3. The predicted octanol–water partition coefficient (Wildman–Crippen LogP) is 3.77. The Labute approximate surface area is 157 Å². The Kier molecular flexibility index (Phi) is 5.54. The minimum absolute atomic E-state index is 0.0678. The Morgan fingerprint density at radius 1 is 1.12 bits per heavy atom. The van der Waals surface area contributed by atoms with E-state index in [1.807, 2.05) is 24.3 Å². The fraction of sp³-hybridized carbons (Fsp3) is 0.316. The van der Waals surface area contributed by atoms with Crippen LogP contribution in [0.5, 0.6) is 0 Å². The zero-order chi connectivity index (χ0) is 18.7. The van der Waals surface area contributed by atoms with E-state index in [1.54, 1.807) is 17.0 Å². The van der Waals surface area contributed by atoms with Gasteiger partial charge in [-0.25, -0.2) is 0 Å². The van der Waals surface area contributed by atoms with Gasteiger partial charge in [-0.3, -0.25) is 19.8 Å². The smallest absolute Gasteiger partial charge is 0.270 e. The number of carbonyl (C=O) groups excluding carboxylic acids is 1. The van der Waals surface area contributed by atoms with Gasteiger partial charge in [-0.05, 0) is 24.6 Å². The van der Waals surface area contributed by atoms with E-state index in [1.165, 1.54) is 12.1 Å². The third-order valence-corrected chi connectivity index (χ3v) is 5.15. The largest absolute Gasteiger partial charge is 0.336 e. The second kappa shape index (κ2) is 7.85. The Bertz CT molecular complexity index is 819. The number of amides is 1. The molecule has 26 heavy (non-hydrogen) atoms. The topological polar surface area (TPSA) is 66.7 Å². The Hall–Kier alpha value is -2.44. The molecule has 1 aliphatic rings. The van der Waals surface area contributed by atoms with Crippen molar-refractivity contribution in [3.8, 4) is 0 Å². The van der Waals surface area contributed by atoms with Crippen LogP contribution < -0.4 is 0 Å². The summed E-state index contributed by atoms with van der Waals surface area (Å²) in [6.45, 7) is 4.73. The molecule has 0 spiro atoms. The zero-order valence-electron chi connectivity index (χ0n) is 14.5. The van der Waals surface area contributed by atoms with Crippen LogP contribution in [-0.4, -0.2) is 46.8 Å². The molecule has 1 fully saturated rings. The van der Waals surface area contributed by atoms with E-state index in [9.17, 15) is 14.9 Å². The molecule has 7 heteroatoms. The van der Waals surface area contributed by atoms with Crippen molar-refractivity contribution < 1.29 is 9.72 Å². The van der Waals surface area contributed by atoms with Crippen molar-refractivity contribution in [3.05, 3.63) is 74.8 Å². The maximum absolute atomic E-state index is 12.6. The number of nitro benzene ring substituents is 1. The van der Waals surface area contributed by atoms with Gasteiger partial charge in [0.05, 0.1) is 4.92 Å². The number of halogens is 1. The lowest BCUT2D eigenvalue weighted by Crippen LogP contribution is -2.49. The van der Waals surface area contributed by atoms with Gasteiger partial charge in [0.15, 0.2) is 0 Å². The molecule has 6 nitrogen and oxygen atoms in total. The Balaban J connectivity index is 1.65. The molecule has 0 radical (unpaired) electrons. The minimum atomic E-state index is -0.486. The highest BCUT2D eigenvalue weighted by Gasteiger charge is 2.26. The van der Waals surface area contributed by atoms with E-state index in [0.717, 1.165) is 23.7 Å². The Morgan fingerprint density at radius 3 is 2.46 bits per heavy atom. The summed E-state index contributed by atoms with van der Waals surface area (Å²) in [6.07, 6.45) is 0. The van der Waals surface area contributed by atoms with Gasteiger partial charge in [0, 0.05) is 54.9 Å². The molecule has 0 aromatic heterocycles. The number of nitrogens with zero attached hydrogens (tertiary/aromatic N) is 3. The lowest BCUT2D eigenvalue weighted by atomic mass is 10.1. The van der Waals surface area contributed by atoms with E-state index in [-0.39, 0.29) is 17.6 Å². The van der Waals surface area contributed by atoms with Crippen LogP contribution in [0.25, 0.3) is 0 Å². The second-order valence-electron chi connectivity index (χ2n) is 6.33.